The van der Waals surface area contributed by atoms with Gasteiger partial charge in [0.1, 0.15) is 5.75 Å². The lowest BCUT2D eigenvalue weighted by Gasteiger charge is -2.21. The highest BCUT2D eigenvalue weighted by atomic mass is 16.3. The lowest BCUT2D eigenvalue weighted by atomic mass is 9.97. The Balaban J connectivity index is 1.98. The number of nitrogens with one attached hydrogen (secondary N) is 1. The Morgan fingerprint density at radius 1 is 1.39 bits per heavy atom. The molecule has 0 heterocycles. The average molecular weight is 249 g/mol. The van der Waals surface area contributed by atoms with Crippen LogP contribution in [-0.2, 0) is 4.79 Å². The van der Waals surface area contributed by atoms with Crippen LogP contribution in [0.25, 0.3) is 0 Å². The molecule has 98 valence electrons. The number of benzene rings is 1. The van der Waals surface area contributed by atoms with Crippen LogP contribution in [-0.4, -0.2) is 21.7 Å². The van der Waals surface area contributed by atoms with Crippen molar-refractivity contribution in [2.45, 2.75) is 44.6 Å². The monoisotopic (exact) mass is 249 g/mol. The molecular weight excluding hydrogens is 230 g/mol. The summed E-state index contributed by atoms with van der Waals surface area (Å²) in [6, 6.07) is 5.08. The highest BCUT2D eigenvalue weighted by Gasteiger charge is 2.33. The number of aliphatic hydroxyl groups is 1. The van der Waals surface area contributed by atoms with Crippen LogP contribution in [0.4, 0.5) is 5.69 Å². The summed E-state index contributed by atoms with van der Waals surface area (Å²) in [5, 5.41) is 22.5. The Hall–Kier alpha value is -1.55. The fourth-order valence-corrected chi connectivity index (χ4v) is 2.45. The maximum absolute atomic E-state index is 11.8. The van der Waals surface area contributed by atoms with E-state index in [2.05, 4.69) is 5.32 Å². The molecule has 4 nitrogen and oxygen atoms in total. The first-order chi connectivity index (χ1) is 8.48. The third-order valence-electron chi connectivity index (χ3n) is 3.45. The van der Waals surface area contributed by atoms with Gasteiger partial charge in [-0.2, -0.15) is 0 Å². The molecule has 1 fully saturated rings. The van der Waals surface area contributed by atoms with E-state index in [0.29, 0.717) is 18.5 Å². The van der Waals surface area contributed by atoms with Gasteiger partial charge in [-0.15, -0.1) is 0 Å². The zero-order valence-electron chi connectivity index (χ0n) is 10.6. The zero-order valence-corrected chi connectivity index (χ0v) is 10.6. The predicted molar refractivity (Wildman–Crippen MR) is 69.5 cm³/mol. The van der Waals surface area contributed by atoms with Crippen LogP contribution in [0.5, 0.6) is 5.75 Å². The van der Waals surface area contributed by atoms with Crippen molar-refractivity contribution in [1.82, 2.24) is 0 Å². The number of carbonyl (C=O) groups is 1. The number of aryl methyl sites for hydroxylation is 1. The van der Waals surface area contributed by atoms with E-state index in [4.69, 9.17) is 0 Å². The molecule has 1 aromatic rings. The largest absolute Gasteiger partial charge is 0.506 e. The Morgan fingerprint density at radius 2 is 2.06 bits per heavy atom. The standard InChI is InChI=1S/C14H19NO3/c1-10-4-5-11(12(16)8-10)15-13(17)9-14(18)6-2-3-7-14/h4-5,8,16,18H,2-3,6-7,9H2,1H3,(H,15,17). The third-order valence-corrected chi connectivity index (χ3v) is 3.45. The molecule has 4 heteroatoms. The molecule has 0 atom stereocenters. The number of hydrogen-bond acceptors (Lipinski definition) is 3. The van der Waals surface area contributed by atoms with Crippen LogP contribution in [0.15, 0.2) is 18.2 Å². The van der Waals surface area contributed by atoms with Gasteiger partial charge >= 0.3 is 0 Å². The maximum atomic E-state index is 11.8. The molecule has 0 saturated heterocycles. The van der Waals surface area contributed by atoms with Crippen LogP contribution in [0.1, 0.15) is 37.7 Å². The van der Waals surface area contributed by atoms with E-state index in [1.165, 1.54) is 0 Å². The first-order valence-corrected chi connectivity index (χ1v) is 6.30. The summed E-state index contributed by atoms with van der Waals surface area (Å²) < 4.78 is 0. The van der Waals surface area contributed by atoms with Gasteiger partial charge in [0.05, 0.1) is 17.7 Å². The summed E-state index contributed by atoms with van der Waals surface area (Å²) in [6.45, 7) is 1.87. The number of rotatable bonds is 3. The van der Waals surface area contributed by atoms with Gasteiger partial charge in [-0.1, -0.05) is 18.9 Å². The molecule has 0 spiro atoms. The van der Waals surface area contributed by atoms with E-state index in [-0.39, 0.29) is 18.1 Å². The van der Waals surface area contributed by atoms with Gasteiger partial charge in [-0.25, -0.2) is 0 Å². The van der Waals surface area contributed by atoms with Crippen LogP contribution < -0.4 is 5.32 Å². The van der Waals surface area contributed by atoms with Gasteiger partial charge < -0.3 is 15.5 Å². The lowest BCUT2D eigenvalue weighted by molar-refractivity contribution is -0.120. The summed E-state index contributed by atoms with van der Waals surface area (Å²) in [5.74, 6) is -0.194. The molecule has 0 radical (unpaired) electrons. The van der Waals surface area contributed by atoms with E-state index >= 15 is 0 Å². The highest BCUT2D eigenvalue weighted by molar-refractivity contribution is 5.92. The minimum absolute atomic E-state index is 0.0572. The highest BCUT2D eigenvalue weighted by Crippen LogP contribution is 2.33. The number of hydrogen-bond donors (Lipinski definition) is 3. The van der Waals surface area contributed by atoms with Gasteiger partial charge in [-0.3, -0.25) is 4.79 Å². The van der Waals surface area contributed by atoms with E-state index in [1.807, 2.05) is 13.0 Å². The molecular formula is C14H19NO3. The van der Waals surface area contributed by atoms with Crippen molar-refractivity contribution in [3.63, 3.8) is 0 Å². The van der Waals surface area contributed by atoms with Crippen molar-refractivity contribution in [1.29, 1.82) is 0 Å². The molecule has 0 aromatic heterocycles. The molecule has 1 aliphatic rings. The topological polar surface area (TPSA) is 69.6 Å². The third kappa shape index (κ3) is 3.01. The minimum atomic E-state index is -0.857. The molecule has 1 aromatic carbocycles. The molecule has 2 rings (SSSR count). The van der Waals surface area contributed by atoms with Crippen LogP contribution in [0, 0.1) is 6.92 Å². The Labute approximate surface area is 107 Å². The Bertz CT molecular complexity index is 450. The molecule has 0 aliphatic heterocycles. The van der Waals surface area contributed by atoms with Crippen molar-refractivity contribution < 1.29 is 15.0 Å². The SMILES string of the molecule is Cc1ccc(NC(=O)CC2(O)CCCC2)c(O)c1. The zero-order chi connectivity index (χ0) is 13.2. The minimum Gasteiger partial charge on any atom is -0.506 e. The number of amides is 1. The van der Waals surface area contributed by atoms with Gasteiger partial charge in [-0.05, 0) is 37.5 Å². The fraction of sp³-hybridized carbons (Fsp3) is 0.500. The smallest absolute Gasteiger partial charge is 0.227 e. The summed E-state index contributed by atoms with van der Waals surface area (Å²) in [6.07, 6.45) is 3.40. The predicted octanol–water partition coefficient (Wildman–Crippen LogP) is 2.33. The second-order valence-electron chi connectivity index (χ2n) is 5.18. The van der Waals surface area contributed by atoms with Crippen molar-refractivity contribution in [2.24, 2.45) is 0 Å². The van der Waals surface area contributed by atoms with E-state index in [1.54, 1.807) is 12.1 Å². The summed E-state index contributed by atoms with van der Waals surface area (Å²) in [7, 11) is 0. The normalized spacial score (nSPS) is 17.7. The van der Waals surface area contributed by atoms with Gasteiger partial charge in [0, 0.05) is 0 Å². The van der Waals surface area contributed by atoms with Crippen molar-refractivity contribution in [3.05, 3.63) is 23.8 Å². The van der Waals surface area contributed by atoms with E-state index in [9.17, 15) is 15.0 Å². The Morgan fingerprint density at radius 3 is 2.67 bits per heavy atom. The summed E-state index contributed by atoms with van der Waals surface area (Å²) >= 11 is 0. The maximum Gasteiger partial charge on any atom is 0.227 e. The van der Waals surface area contributed by atoms with Crippen molar-refractivity contribution in [2.75, 3.05) is 5.32 Å². The molecule has 0 bridgehead atoms. The van der Waals surface area contributed by atoms with Gasteiger partial charge in [0.25, 0.3) is 0 Å². The number of phenolic OH excluding ortho intramolecular Hbond substituents is 1. The molecule has 18 heavy (non-hydrogen) atoms. The van der Waals surface area contributed by atoms with E-state index in [0.717, 1.165) is 18.4 Å². The second kappa shape index (κ2) is 4.98. The molecule has 3 N–H and O–H groups in total. The van der Waals surface area contributed by atoms with E-state index < -0.39 is 5.60 Å². The number of carbonyl (C=O) groups excluding carboxylic acids is 1. The fourth-order valence-electron chi connectivity index (χ4n) is 2.45. The lowest BCUT2D eigenvalue weighted by Crippen LogP contribution is -2.30. The Kier molecular flexibility index (Phi) is 3.57. The van der Waals surface area contributed by atoms with Crippen LogP contribution >= 0.6 is 0 Å². The van der Waals surface area contributed by atoms with Gasteiger partial charge in [0.2, 0.25) is 5.91 Å². The summed E-state index contributed by atoms with van der Waals surface area (Å²) in [5.41, 5.74) is 0.469. The quantitative estimate of drug-likeness (QED) is 0.720. The van der Waals surface area contributed by atoms with Crippen molar-refractivity contribution in [3.8, 4) is 5.75 Å². The molecule has 0 unspecified atom stereocenters. The second-order valence-corrected chi connectivity index (χ2v) is 5.18. The van der Waals surface area contributed by atoms with Crippen molar-refractivity contribution >= 4 is 11.6 Å². The number of anilines is 1. The molecule has 1 aliphatic carbocycles. The summed E-state index contributed by atoms with van der Waals surface area (Å²) in [4.78, 5) is 11.8. The first-order valence-electron chi connectivity index (χ1n) is 6.30. The molecule has 1 amide bonds. The van der Waals surface area contributed by atoms with Gasteiger partial charge in [0.15, 0.2) is 0 Å². The van der Waals surface area contributed by atoms with Crippen LogP contribution in [0.3, 0.4) is 0 Å². The number of aromatic hydroxyl groups is 1. The molecule has 1 saturated carbocycles. The average Bonchev–Trinajstić information content (AvgIpc) is 2.69. The number of phenols is 1. The first kappa shape index (κ1) is 12.9. The van der Waals surface area contributed by atoms with Crippen LogP contribution in [0.2, 0.25) is 0 Å².